The maximum atomic E-state index is 11.2. The van der Waals surface area contributed by atoms with Crippen molar-refractivity contribution in [2.45, 2.75) is 6.54 Å². The maximum absolute atomic E-state index is 11.2. The number of carboxylic acid groups (broad SMARTS) is 1. The van der Waals surface area contributed by atoms with Crippen molar-refractivity contribution in [3.05, 3.63) is 28.2 Å². The van der Waals surface area contributed by atoms with Crippen LogP contribution in [0.25, 0.3) is 0 Å². The standard InChI is InChI=1S/C7H7N3O4/c11-6-5-3(2-10(14)9-6)1-4(8-5)7(12)13/h1,8,10H,2H2,(H,9,11)(H,12,13). The van der Waals surface area contributed by atoms with Gasteiger partial charge in [0.05, 0.1) is 0 Å². The van der Waals surface area contributed by atoms with Gasteiger partial charge in [-0.15, -0.1) is 0 Å². The van der Waals surface area contributed by atoms with Gasteiger partial charge in [0.25, 0.3) is 0 Å². The fraction of sp³-hybridized carbons (Fsp3) is 0.143. The number of hydroxylamine groups is 1. The smallest absolute Gasteiger partial charge is 0.352 e. The van der Waals surface area contributed by atoms with Crippen LogP contribution in [0.4, 0.5) is 0 Å². The van der Waals surface area contributed by atoms with Gasteiger partial charge in [-0.1, -0.05) is 0 Å². The summed E-state index contributed by atoms with van der Waals surface area (Å²) in [6.07, 6.45) is 0. The first-order valence-electron chi connectivity index (χ1n) is 3.87. The number of aromatic nitrogens is 1. The average Bonchev–Trinajstić information content (AvgIpc) is 2.47. The Hall–Kier alpha value is -1.86. The second-order valence-corrected chi connectivity index (χ2v) is 2.94. The Morgan fingerprint density at radius 1 is 1.64 bits per heavy atom. The molecule has 0 spiro atoms. The zero-order valence-corrected chi connectivity index (χ0v) is 6.96. The summed E-state index contributed by atoms with van der Waals surface area (Å²) < 4.78 is 0. The lowest BCUT2D eigenvalue weighted by Gasteiger charge is -2.25. The van der Waals surface area contributed by atoms with Gasteiger partial charge in [-0.05, 0) is 6.07 Å². The first-order valence-corrected chi connectivity index (χ1v) is 3.87. The van der Waals surface area contributed by atoms with E-state index >= 15 is 0 Å². The number of aromatic carboxylic acids is 1. The summed E-state index contributed by atoms with van der Waals surface area (Å²) in [4.78, 5) is 24.2. The second kappa shape index (κ2) is 2.82. The van der Waals surface area contributed by atoms with Crippen LogP contribution in [0.1, 0.15) is 26.5 Å². The second-order valence-electron chi connectivity index (χ2n) is 2.94. The van der Waals surface area contributed by atoms with Crippen LogP contribution in [-0.2, 0) is 6.54 Å². The van der Waals surface area contributed by atoms with E-state index in [4.69, 9.17) is 5.11 Å². The summed E-state index contributed by atoms with van der Waals surface area (Å²) in [6, 6.07) is 1.30. The fourth-order valence-electron chi connectivity index (χ4n) is 1.36. The molecule has 0 radical (unpaired) electrons. The lowest BCUT2D eigenvalue weighted by Crippen LogP contribution is -3.14. The van der Waals surface area contributed by atoms with Gasteiger partial charge >= 0.3 is 11.9 Å². The van der Waals surface area contributed by atoms with Crippen molar-refractivity contribution >= 4 is 11.9 Å². The summed E-state index contributed by atoms with van der Waals surface area (Å²) in [7, 11) is 0. The first kappa shape index (κ1) is 8.73. The Kier molecular flexibility index (Phi) is 1.76. The van der Waals surface area contributed by atoms with Crippen LogP contribution in [0.15, 0.2) is 6.07 Å². The van der Waals surface area contributed by atoms with Gasteiger partial charge in [0.15, 0.2) is 0 Å². The van der Waals surface area contributed by atoms with Crippen LogP contribution < -0.4 is 10.6 Å². The van der Waals surface area contributed by atoms with Gasteiger partial charge in [0.1, 0.15) is 17.9 Å². The molecule has 74 valence electrons. The molecule has 1 aliphatic heterocycles. The first-order chi connectivity index (χ1) is 6.58. The zero-order valence-electron chi connectivity index (χ0n) is 6.96. The van der Waals surface area contributed by atoms with Crippen molar-refractivity contribution in [1.82, 2.24) is 10.4 Å². The monoisotopic (exact) mass is 197 g/mol. The summed E-state index contributed by atoms with van der Waals surface area (Å²) in [5, 5.41) is 19.1. The number of carbonyl (C=O) groups is 2. The molecule has 0 aromatic carbocycles. The lowest BCUT2D eigenvalue weighted by molar-refractivity contribution is -0.901. The molecule has 7 heteroatoms. The van der Waals surface area contributed by atoms with Crippen LogP contribution in [0.3, 0.4) is 0 Å². The van der Waals surface area contributed by atoms with E-state index in [0.717, 1.165) is 0 Å². The number of H-pyrrole nitrogens is 1. The molecule has 0 fully saturated rings. The van der Waals surface area contributed by atoms with Crippen molar-refractivity contribution in [3.8, 4) is 0 Å². The predicted octanol–water partition coefficient (Wildman–Crippen LogP) is -1.75. The van der Waals surface area contributed by atoms with E-state index in [1.54, 1.807) is 0 Å². The molecule has 14 heavy (non-hydrogen) atoms. The zero-order chi connectivity index (χ0) is 10.3. The topological polar surface area (TPSA) is 110 Å². The highest BCUT2D eigenvalue weighted by molar-refractivity contribution is 5.96. The normalized spacial score (nSPS) is 20.1. The average molecular weight is 197 g/mol. The highest BCUT2D eigenvalue weighted by atomic mass is 16.5. The Morgan fingerprint density at radius 2 is 2.36 bits per heavy atom. The van der Waals surface area contributed by atoms with Crippen LogP contribution in [0, 0.1) is 5.21 Å². The molecule has 0 saturated carbocycles. The number of fused-ring (bicyclic) bond motifs is 1. The van der Waals surface area contributed by atoms with E-state index in [-0.39, 0.29) is 17.9 Å². The third-order valence-corrected chi connectivity index (χ3v) is 1.96. The van der Waals surface area contributed by atoms with Crippen molar-refractivity contribution in [3.63, 3.8) is 0 Å². The summed E-state index contributed by atoms with van der Waals surface area (Å²) in [5.74, 6) is -1.73. The van der Waals surface area contributed by atoms with Crippen molar-refractivity contribution in [1.29, 1.82) is 0 Å². The van der Waals surface area contributed by atoms with E-state index in [1.165, 1.54) is 6.07 Å². The molecule has 7 nitrogen and oxygen atoms in total. The predicted molar refractivity (Wildman–Crippen MR) is 43.3 cm³/mol. The molecule has 1 atom stereocenters. The van der Waals surface area contributed by atoms with E-state index in [2.05, 4.69) is 10.4 Å². The van der Waals surface area contributed by atoms with E-state index in [1.807, 2.05) is 0 Å². The molecule has 2 heterocycles. The quantitative estimate of drug-likeness (QED) is 0.400. The van der Waals surface area contributed by atoms with Gasteiger partial charge in [-0.2, -0.15) is 5.43 Å². The molecule has 0 aliphatic carbocycles. The van der Waals surface area contributed by atoms with Crippen molar-refractivity contribution in [2.24, 2.45) is 0 Å². The number of aromatic amines is 1. The Labute approximate surface area is 77.9 Å². The number of rotatable bonds is 1. The number of hydrogen-bond donors (Lipinski definition) is 4. The summed E-state index contributed by atoms with van der Waals surface area (Å²) >= 11 is 0. The fourth-order valence-corrected chi connectivity index (χ4v) is 1.36. The molecule has 1 aliphatic rings. The number of quaternary nitrogens is 1. The molecule has 1 unspecified atom stereocenters. The minimum atomic E-state index is -1.15. The highest BCUT2D eigenvalue weighted by Gasteiger charge is 2.25. The minimum Gasteiger partial charge on any atom is -0.608 e. The highest BCUT2D eigenvalue weighted by Crippen LogP contribution is 2.11. The van der Waals surface area contributed by atoms with Crippen LogP contribution in [-0.4, -0.2) is 22.0 Å². The lowest BCUT2D eigenvalue weighted by atomic mass is 10.2. The Morgan fingerprint density at radius 3 is 3.00 bits per heavy atom. The maximum Gasteiger partial charge on any atom is 0.352 e. The van der Waals surface area contributed by atoms with E-state index < -0.39 is 17.0 Å². The SMILES string of the molecule is O=C(O)c1cc2c([nH]1)C(=O)N[NH+]([O-])C2. The Balaban J connectivity index is 2.45. The molecule has 1 aromatic rings. The number of hydrogen-bond acceptors (Lipinski definition) is 3. The molecule has 2 rings (SSSR count). The number of nitrogens with one attached hydrogen (secondary N) is 3. The largest absolute Gasteiger partial charge is 0.608 e. The molecule has 0 saturated heterocycles. The molecule has 4 N–H and O–H groups in total. The van der Waals surface area contributed by atoms with Gasteiger partial charge in [0, 0.05) is 5.56 Å². The summed E-state index contributed by atoms with van der Waals surface area (Å²) in [5.41, 5.74) is 2.58. The molecule has 1 aromatic heterocycles. The van der Waals surface area contributed by atoms with Gasteiger partial charge in [-0.25, -0.2) is 4.79 Å². The minimum absolute atomic E-state index is 0.0326. The molecular formula is C7H7N3O4. The summed E-state index contributed by atoms with van der Waals surface area (Å²) in [6.45, 7) is 0.0326. The number of amides is 1. The van der Waals surface area contributed by atoms with E-state index in [0.29, 0.717) is 5.56 Å². The molecule has 0 bridgehead atoms. The third kappa shape index (κ3) is 1.24. The van der Waals surface area contributed by atoms with Gasteiger partial charge < -0.3 is 15.3 Å². The number of carboxylic acids is 1. The molecular weight excluding hydrogens is 190 g/mol. The van der Waals surface area contributed by atoms with Gasteiger partial charge in [-0.3, -0.25) is 9.97 Å². The number of carbonyl (C=O) groups excluding carboxylic acids is 1. The van der Waals surface area contributed by atoms with Crippen LogP contribution in [0.2, 0.25) is 0 Å². The third-order valence-electron chi connectivity index (χ3n) is 1.96. The molecule has 1 amide bonds. The van der Waals surface area contributed by atoms with Crippen LogP contribution in [0.5, 0.6) is 0 Å². The van der Waals surface area contributed by atoms with E-state index in [9.17, 15) is 14.8 Å². The van der Waals surface area contributed by atoms with Crippen molar-refractivity contribution < 1.29 is 19.9 Å². The van der Waals surface area contributed by atoms with Crippen LogP contribution >= 0.6 is 0 Å². The van der Waals surface area contributed by atoms with Gasteiger partial charge in [0.2, 0.25) is 0 Å². The van der Waals surface area contributed by atoms with Crippen molar-refractivity contribution in [2.75, 3.05) is 0 Å². The Bertz CT molecular complexity index is 411.